The molecule has 0 spiro atoms. The number of hydrogen-bond acceptors (Lipinski definition) is 4. The number of likely N-dealkylation sites (N-methyl/N-ethyl adjacent to an activating group) is 1. The Bertz CT molecular complexity index is 532. The summed E-state index contributed by atoms with van der Waals surface area (Å²) in [5.74, 6) is -1.46. The third-order valence-corrected chi connectivity index (χ3v) is 3.14. The van der Waals surface area contributed by atoms with Gasteiger partial charge in [0.25, 0.3) is 0 Å². The van der Waals surface area contributed by atoms with Crippen LogP contribution in [0.3, 0.4) is 0 Å². The quantitative estimate of drug-likeness (QED) is 0.837. The molecule has 114 valence electrons. The number of nitrogens with zero attached hydrogens (tertiary/aromatic N) is 1. The van der Waals surface area contributed by atoms with Crippen molar-refractivity contribution >= 4 is 12.0 Å². The molecule has 1 heterocycles. The Morgan fingerprint density at radius 3 is 3.10 bits per heavy atom. The molecule has 1 atom stereocenters. The van der Waals surface area contributed by atoms with Crippen molar-refractivity contribution < 1.29 is 23.8 Å². The molecule has 0 saturated carbocycles. The highest BCUT2D eigenvalue weighted by molar-refractivity contribution is 5.85. The lowest BCUT2D eigenvalue weighted by Crippen LogP contribution is -2.42. The van der Waals surface area contributed by atoms with Crippen LogP contribution in [0.15, 0.2) is 24.3 Å². The van der Waals surface area contributed by atoms with E-state index in [1.807, 2.05) is 7.05 Å². The average Bonchev–Trinajstić information content (AvgIpc) is 2.44. The molecule has 1 aliphatic heterocycles. The SMILES string of the molecule is CN1CCOC(COc2ccc(/C=C/C(=O)O)cc2F)C1. The van der Waals surface area contributed by atoms with Gasteiger partial charge in [-0.2, -0.15) is 0 Å². The zero-order valence-corrected chi connectivity index (χ0v) is 11.8. The minimum Gasteiger partial charge on any atom is -0.488 e. The summed E-state index contributed by atoms with van der Waals surface area (Å²) in [5.41, 5.74) is 0.468. The number of carboxylic acid groups (broad SMARTS) is 1. The van der Waals surface area contributed by atoms with E-state index in [2.05, 4.69) is 4.90 Å². The summed E-state index contributed by atoms with van der Waals surface area (Å²) >= 11 is 0. The highest BCUT2D eigenvalue weighted by atomic mass is 19.1. The molecule has 0 aromatic heterocycles. The van der Waals surface area contributed by atoms with Gasteiger partial charge >= 0.3 is 5.97 Å². The van der Waals surface area contributed by atoms with E-state index in [0.717, 1.165) is 19.2 Å². The number of morpholine rings is 1. The van der Waals surface area contributed by atoms with Crippen LogP contribution >= 0.6 is 0 Å². The Balaban J connectivity index is 1.93. The van der Waals surface area contributed by atoms with Gasteiger partial charge in [-0.3, -0.25) is 0 Å². The second kappa shape index (κ2) is 7.19. The molecule has 1 aromatic carbocycles. The molecule has 1 aromatic rings. The summed E-state index contributed by atoms with van der Waals surface area (Å²) in [6.45, 7) is 2.56. The highest BCUT2D eigenvalue weighted by Crippen LogP contribution is 2.20. The van der Waals surface area contributed by atoms with E-state index >= 15 is 0 Å². The first-order chi connectivity index (χ1) is 10.0. The van der Waals surface area contributed by atoms with Gasteiger partial charge in [-0.25, -0.2) is 9.18 Å². The largest absolute Gasteiger partial charge is 0.488 e. The van der Waals surface area contributed by atoms with Gasteiger partial charge in [0.1, 0.15) is 12.7 Å². The topological polar surface area (TPSA) is 59.0 Å². The molecule has 1 unspecified atom stereocenters. The number of hydrogen-bond donors (Lipinski definition) is 1. The lowest BCUT2D eigenvalue weighted by Gasteiger charge is -2.29. The van der Waals surface area contributed by atoms with Crippen molar-refractivity contribution in [1.82, 2.24) is 4.90 Å². The number of benzene rings is 1. The molecule has 6 heteroatoms. The number of carbonyl (C=O) groups is 1. The summed E-state index contributed by atoms with van der Waals surface area (Å²) in [6.07, 6.45) is 2.21. The Morgan fingerprint density at radius 2 is 2.43 bits per heavy atom. The van der Waals surface area contributed by atoms with Crippen LogP contribution < -0.4 is 4.74 Å². The van der Waals surface area contributed by atoms with E-state index in [4.69, 9.17) is 14.6 Å². The fourth-order valence-corrected chi connectivity index (χ4v) is 2.06. The summed E-state index contributed by atoms with van der Waals surface area (Å²) in [4.78, 5) is 12.5. The minimum atomic E-state index is -1.07. The fraction of sp³-hybridized carbons (Fsp3) is 0.400. The molecule has 1 saturated heterocycles. The van der Waals surface area contributed by atoms with Crippen molar-refractivity contribution in [1.29, 1.82) is 0 Å². The number of carboxylic acids is 1. The van der Waals surface area contributed by atoms with Crippen molar-refractivity contribution in [2.24, 2.45) is 0 Å². The molecule has 0 radical (unpaired) electrons. The molecule has 1 fully saturated rings. The van der Waals surface area contributed by atoms with Gasteiger partial charge in [0, 0.05) is 19.2 Å². The monoisotopic (exact) mass is 295 g/mol. The van der Waals surface area contributed by atoms with Crippen LogP contribution in [-0.4, -0.2) is 55.4 Å². The molecular formula is C15H18FNO4. The lowest BCUT2D eigenvalue weighted by molar-refractivity contribution is -0.131. The number of ether oxygens (including phenoxy) is 2. The van der Waals surface area contributed by atoms with E-state index in [9.17, 15) is 9.18 Å². The summed E-state index contributed by atoms with van der Waals surface area (Å²) in [7, 11) is 2.00. The predicted octanol–water partition coefficient (Wildman–Crippen LogP) is 1.63. The fourth-order valence-electron chi connectivity index (χ4n) is 2.06. The average molecular weight is 295 g/mol. The second-order valence-electron chi connectivity index (χ2n) is 4.93. The first-order valence-electron chi connectivity index (χ1n) is 6.68. The smallest absolute Gasteiger partial charge is 0.328 e. The maximum absolute atomic E-state index is 13.8. The molecular weight excluding hydrogens is 277 g/mol. The molecule has 0 bridgehead atoms. The maximum atomic E-state index is 13.8. The molecule has 0 amide bonds. The van der Waals surface area contributed by atoms with Gasteiger partial charge in [0.15, 0.2) is 11.6 Å². The van der Waals surface area contributed by atoms with Gasteiger partial charge in [0.2, 0.25) is 0 Å². The predicted molar refractivity (Wildman–Crippen MR) is 75.8 cm³/mol. The van der Waals surface area contributed by atoms with E-state index in [0.29, 0.717) is 12.2 Å². The Hall–Kier alpha value is -1.92. The van der Waals surface area contributed by atoms with Crippen LogP contribution in [0.25, 0.3) is 6.08 Å². The van der Waals surface area contributed by atoms with E-state index in [1.165, 1.54) is 18.2 Å². The van der Waals surface area contributed by atoms with Crippen LogP contribution in [0, 0.1) is 5.82 Å². The summed E-state index contributed by atoms with van der Waals surface area (Å²) < 4.78 is 24.8. The van der Waals surface area contributed by atoms with E-state index in [1.54, 1.807) is 6.07 Å². The van der Waals surface area contributed by atoms with Gasteiger partial charge < -0.3 is 19.5 Å². The summed E-state index contributed by atoms with van der Waals surface area (Å²) in [6, 6.07) is 4.33. The molecule has 5 nitrogen and oxygen atoms in total. The van der Waals surface area contributed by atoms with Crippen molar-refractivity contribution in [2.75, 3.05) is 33.4 Å². The third kappa shape index (κ3) is 4.84. The normalized spacial score (nSPS) is 19.8. The number of halogens is 1. The van der Waals surface area contributed by atoms with Crippen molar-refractivity contribution in [2.45, 2.75) is 6.10 Å². The second-order valence-corrected chi connectivity index (χ2v) is 4.93. The first-order valence-corrected chi connectivity index (χ1v) is 6.68. The molecule has 2 rings (SSSR count). The van der Waals surface area contributed by atoms with Crippen molar-refractivity contribution in [3.8, 4) is 5.75 Å². The van der Waals surface area contributed by atoms with Crippen LogP contribution in [0.5, 0.6) is 5.75 Å². The van der Waals surface area contributed by atoms with Crippen LogP contribution in [-0.2, 0) is 9.53 Å². The van der Waals surface area contributed by atoms with Crippen molar-refractivity contribution in [3.63, 3.8) is 0 Å². The molecule has 0 aliphatic carbocycles. The van der Waals surface area contributed by atoms with Gasteiger partial charge in [-0.05, 0) is 30.8 Å². The van der Waals surface area contributed by atoms with E-state index < -0.39 is 11.8 Å². The Labute approximate surface area is 122 Å². The third-order valence-electron chi connectivity index (χ3n) is 3.14. The zero-order valence-electron chi connectivity index (χ0n) is 11.8. The first kappa shape index (κ1) is 15.5. The number of aliphatic carboxylic acids is 1. The van der Waals surface area contributed by atoms with Crippen molar-refractivity contribution in [3.05, 3.63) is 35.7 Å². The standard InChI is InChI=1S/C15H18FNO4/c1-17-6-7-20-12(9-17)10-21-14-4-2-11(8-13(14)16)3-5-15(18)19/h2-5,8,12H,6-7,9-10H2,1H3,(H,18,19)/b5-3+. The minimum absolute atomic E-state index is 0.0743. The maximum Gasteiger partial charge on any atom is 0.328 e. The van der Waals surface area contributed by atoms with Crippen LogP contribution in [0.1, 0.15) is 5.56 Å². The van der Waals surface area contributed by atoms with Crippen LogP contribution in [0.4, 0.5) is 4.39 Å². The van der Waals surface area contributed by atoms with Gasteiger partial charge in [-0.1, -0.05) is 6.07 Å². The number of rotatable bonds is 5. The molecule has 21 heavy (non-hydrogen) atoms. The van der Waals surface area contributed by atoms with Gasteiger partial charge in [-0.15, -0.1) is 0 Å². The Morgan fingerprint density at radius 1 is 1.62 bits per heavy atom. The highest BCUT2D eigenvalue weighted by Gasteiger charge is 2.18. The van der Waals surface area contributed by atoms with Crippen LogP contribution in [0.2, 0.25) is 0 Å². The Kier molecular flexibility index (Phi) is 5.30. The zero-order chi connectivity index (χ0) is 15.2. The molecule has 1 N–H and O–H groups in total. The summed E-state index contributed by atoms with van der Waals surface area (Å²) in [5, 5.41) is 8.53. The van der Waals surface area contributed by atoms with Gasteiger partial charge in [0.05, 0.1) is 6.61 Å². The lowest BCUT2D eigenvalue weighted by atomic mass is 10.2. The van der Waals surface area contributed by atoms with E-state index in [-0.39, 0.29) is 18.5 Å². The molecule has 1 aliphatic rings.